The summed E-state index contributed by atoms with van der Waals surface area (Å²) in [5, 5.41) is 0. The van der Waals surface area contributed by atoms with Crippen LogP contribution in [0.1, 0.15) is 5.69 Å². The molecule has 21 heavy (non-hydrogen) atoms. The van der Waals surface area contributed by atoms with E-state index in [0.29, 0.717) is 12.3 Å². The summed E-state index contributed by atoms with van der Waals surface area (Å²) in [5.74, 6) is 0. The van der Waals surface area contributed by atoms with Crippen molar-refractivity contribution < 1.29 is 17.9 Å². The van der Waals surface area contributed by atoms with Crippen LogP contribution in [0.3, 0.4) is 0 Å². The van der Waals surface area contributed by atoms with Crippen molar-refractivity contribution in [3.05, 3.63) is 24.2 Å². The molecule has 0 aromatic carbocycles. The van der Waals surface area contributed by atoms with Gasteiger partial charge in [0.15, 0.2) is 11.3 Å². The molecule has 8 heteroatoms. The minimum atomic E-state index is -4.48. The minimum absolute atomic E-state index is 0.221. The fourth-order valence-electron chi connectivity index (χ4n) is 1.74. The maximum atomic E-state index is 12.6. The first-order valence-corrected chi connectivity index (χ1v) is 10.3. The third kappa shape index (κ3) is 4.27. The first kappa shape index (κ1) is 16.0. The van der Waals surface area contributed by atoms with Crippen LogP contribution in [-0.2, 0) is 17.6 Å². The molecule has 2 aromatic heterocycles. The zero-order valence-corrected chi connectivity index (χ0v) is 13.2. The smallest absolute Gasteiger partial charge is 0.361 e. The Labute approximate surface area is 122 Å². The van der Waals surface area contributed by atoms with Gasteiger partial charge in [0.25, 0.3) is 0 Å². The summed E-state index contributed by atoms with van der Waals surface area (Å²) in [6.45, 7) is 7.68. The van der Waals surface area contributed by atoms with Gasteiger partial charge in [-0.1, -0.05) is 19.6 Å². The number of hydrogen-bond acceptors (Lipinski definition) is 3. The predicted molar refractivity (Wildman–Crippen MR) is 76.6 cm³/mol. The summed E-state index contributed by atoms with van der Waals surface area (Å²) in [7, 11) is -1.15. The summed E-state index contributed by atoms with van der Waals surface area (Å²) in [6.07, 6.45) is -2.09. The minimum Gasteiger partial charge on any atom is -0.361 e. The van der Waals surface area contributed by atoms with Crippen molar-refractivity contribution in [2.45, 2.75) is 38.6 Å². The second kappa shape index (κ2) is 5.76. The van der Waals surface area contributed by atoms with Crippen molar-refractivity contribution in [3.8, 4) is 0 Å². The van der Waals surface area contributed by atoms with E-state index in [-0.39, 0.29) is 12.2 Å². The third-order valence-electron chi connectivity index (χ3n) is 2.98. The highest BCUT2D eigenvalue weighted by Gasteiger charge is 2.33. The number of halogens is 3. The van der Waals surface area contributed by atoms with Gasteiger partial charge in [0.2, 0.25) is 0 Å². The molecule has 116 valence electrons. The Morgan fingerprint density at radius 1 is 1.29 bits per heavy atom. The lowest BCUT2D eigenvalue weighted by Crippen LogP contribution is -2.22. The van der Waals surface area contributed by atoms with Crippen molar-refractivity contribution >= 4 is 19.2 Å². The van der Waals surface area contributed by atoms with E-state index in [9.17, 15) is 13.2 Å². The standard InChI is InChI=1S/C13H18F3N3OSi/c1-21(2,3)7-6-20-9-19-5-4-10-12(19)17-8-11(18-10)13(14,15)16/h4-5,8H,6-7,9H2,1-3H3. The van der Waals surface area contributed by atoms with Crippen molar-refractivity contribution in [2.75, 3.05) is 6.61 Å². The molecule has 2 heterocycles. The summed E-state index contributed by atoms with van der Waals surface area (Å²) in [6, 6.07) is 2.55. The number of ether oxygens (including phenoxy) is 1. The second-order valence-electron chi connectivity index (χ2n) is 6.10. The molecule has 2 rings (SSSR count). The average Bonchev–Trinajstić information content (AvgIpc) is 2.75. The maximum absolute atomic E-state index is 12.6. The number of rotatable bonds is 5. The van der Waals surface area contributed by atoms with Crippen molar-refractivity contribution in [2.24, 2.45) is 0 Å². The molecule has 4 nitrogen and oxygen atoms in total. The Morgan fingerprint density at radius 3 is 2.62 bits per heavy atom. The molecule has 0 saturated heterocycles. The van der Waals surface area contributed by atoms with E-state index >= 15 is 0 Å². The topological polar surface area (TPSA) is 39.9 Å². The van der Waals surface area contributed by atoms with Gasteiger partial charge in [-0.3, -0.25) is 0 Å². The Balaban J connectivity index is 2.05. The molecule has 0 aliphatic carbocycles. The molecule has 0 spiro atoms. The van der Waals surface area contributed by atoms with Crippen LogP contribution in [0.4, 0.5) is 13.2 Å². The molecule has 2 aromatic rings. The lowest BCUT2D eigenvalue weighted by Gasteiger charge is -2.15. The van der Waals surface area contributed by atoms with Crippen LogP contribution in [0.2, 0.25) is 25.7 Å². The van der Waals surface area contributed by atoms with E-state index in [1.165, 1.54) is 6.07 Å². The highest BCUT2D eigenvalue weighted by Crippen LogP contribution is 2.28. The van der Waals surface area contributed by atoms with Gasteiger partial charge in [-0.2, -0.15) is 13.2 Å². The van der Waals surface area contributed by atoms with E-state index in [1.54, 1.807) is 10.8 Å². The quantitative estimate of drug-likeness (QED) is 0.622. The third-order valence-corrected chi connectivity index (χ3v) is 4.68. The first-order valence-electron chi connectivity index (χ1n) is 6.64. The molecule has 0 fully saturated rings. The van der Waals surface area contributed by atoms with Crippen molar-refractivity contribution in [1.82, 2.24) is 14.5 Å². The second-order valence-corrected chi connectivity index (χ2v) is 11.7. The number of aromatic nitrogens is 3. The fraction of sp³-hybridized carbons (Fsp3) is 0.538. The van der Waals surface area contributed by atoms with Gasteiger partial charge in [-0.05, 0) is 12.1 Å². The van der Waals surface area contributed by atoms with Gasteiger partial charge < -0.3 is 9.30 Å². The summed E-state index contributed by atoms with van der Waals surface area (Å²) in [5.41, 5.74) is -0.359. The van der Waals surface area contributed by atoms with Crippen molar-refractivity contribution in [1.29, 1.82) is 0 Å². The monoisotopic (exact) mass is 317 g/mol. The number of hydrogen-bond donors (Lipinski definition) is 0. The largest absolute Gasteiger partial charge is 0.434 e. The Kier molecular flexibility index (Phi) is 4.38. The highest BCUT2D eigenvalue weighted by molar-refractivity contribution is 6.76. The number of alkyl halides is 3. The SMILES string of the molecule is C[Si](C)(C)CCOCn1ccc2nc(C(F)(F)F)cnc21. The van der Waals surface area contributed by atoms with Crippen LogP contribution in [0.5, 0.6) is 0 Å². The van der Waals surface area contributed by atoms with Crippen molar-refractivity contribution in [3.63, 3.8) is 0 Å². The van der Waals surface area contributed by atoms with Gasteiger partial charge in [0.1, 0.15) is 12.2 Å². The fourth-order valence-corrected chi connectivity index (χ4v) is 2.50. The molecular weight excluding hydrogens is 299 g/mol. The maximum Gasteiger partial charge on any atom is 0.434 e. The molecule has 0 aliphatic rings. The molecule has 0 saturated carbocycles. The van der Waals surface area contributed by atoms with Gasteiger partial charge in [0, 0.05) is 20.9 Å². The van der Waals surface area contributed by atoms with Crippen LogP contribution in [0, 0.1) is 0 Å². The summed E-state index contributed by atoms with van der Waals surface area (Å²) >= 11 is 0. The van der Waals surface area contributed by atoms with E-state index in [2.05, 4.69) is 29.6 Å². The molecule has 0 unspecified atom stereocenters. The lowest BCUT2D eigenvalue weighted by molar-refractivity contribution is -0.141. The van der Waals surface area contributed by atoms with Crippen LogP contribution in [-0.4, -0.2) is 29.2 Å². The Hall–Kier alpha value is -1.41. The normalized spacial score (nSPS) is 13.0. The molecule has 0 radical (unpaired) electrons. The van der Waals surface area contributed by atoms with E-state index < -0.39 is 19.9 Å². The van der Waals surface area contributed by atoms with E-state index in [1.807, 2.05) is 0 Å². The van der Waals surface area contributed by atoms with Crippen LogP contribution >= 0.6 is 0 Å². The molecular formula is C13H18F3N3OSi. The highest BCUT2D eigenvalue weighted by atomic mass is 28.3. The molecule has 0 bridgehead atoms. The molecule has 0 atom stereocenters. The number of nitrogens with zero attached hydrogens (tertiary/aromatic N) is 3. The van der Waals surface area contributed by atoms with Gasteiger partial charge in [0.05, 0.1) is 6.20 Å². The lowest BCUT2D eigenvalue weighted by atomic mass is 10.4. The van der Waals surface area contributed by atoms with Crippen LogP contribution in [0.15, 0.2) is 18.5 Å². The average molecular weight is 317 g/mol. The zero-order chi connectivity index (χ0) is 15.7. The van der Waals surface area contributed by atoms with E-state index in [0.717, 1.165) is 12.2 Å². The van der Waals surface area contributed by atoms with E-state index in [4.69, 9.17) is 4.74 Å². The summed E-state index contributed by atoms with van der Waals surface area (Å²) < 4.78 is 44.9. The molecule has 0 aliphatic heterocycles. The van der Waals surface area contributed by atoms with Crippen LogP contribution < -0.4 is 0 Å². The Bertz CT molecular complexity index is 619. The van der Waals surface area contributed by atoms with Crippen LogP contribution in [0.25, 0.3) is 11.2 Å². The number of fused-ring (bicyclic) bond motifs is 1. The Morgan fingerprint density at radius 2 is 2.00 bits per heavy atom. The zero-order valence-electron chi connectivity index (χ0n) is 12.2. The molecule has 0 amide bonds. The molecule has 0 N–H and O–H groups in total. The first-order chi connectivity index (χ1) is 9.67. The van der Waals surface area contributed by atoms with Gasteiger partial charge in [-0.25, -0.2) is 9.97 Å². The summed E-state index contributed by atoms with van der Waals surface area (Å²) in [4.78, 5) is 7.42. The van der Waals surface area contributed by atoms with Gasteiger partial charge >= 0.3 is 6.18 Å². The van der Waals surface area contributed by atoms with Gasteiger partial charge in [-0.15, -0.1) is 0 Å². The predicted octanol–water partition coefficient (Wildman–Crippen LogP) is 3.76.